The molecular formula is C16H27IOSi. The molecule has 108 valence electrons. The van der Waals surface area contributed by atoms with Gasteiger partial charge in [-0.3, -0.25) is 0 Å². The van der Waals surface area contributed by atoms with Gasteiger partial charge in [0.1, 0.15) is 0 Å². The average Bonchev–Trinajstić information content (AvgIpc) is 2.34. The predicted octanol–water partition coefficient (Wildman–Crippen LogP) is 5.96. The molecule has 1 aromatic rings. The standard InChI is InChI=1S/C16H27IOSi/c1-16(2,3)19(4,5)18-15(12-9-13-17)14-10-7-6-8-11-14/h6-8,10-11,15H,9,12-13H2,1-5H3. The number of rotatable bonds is 6. The summed E-state index contributed by atoms with van der Waals surface area (Å²) >= 11 is 2.45. The number of hydrogen-bond acceptors (Lipinski definition) is 1. The van der Waals surface area contributed by atoms with E-state index in [1.807, 2.05) is 0 Å². The first-order valence-corrected chi connectivity index (χ1v) is 11.5. The Kier molecular flexibility index (Phi) is 6.53. The van der Waals surface area contributed by atoms with Crippen molar-refractivity contribution in [1.82, 2.24) is 0 Å². The van der Waals surface area contributed by atoms with Crippen LogP contribution in [0.5, 0.6) is 0 Å². The fraction of sp³-hybridized carbons (Fsp3) is 0.625. The summed E-state index contributed by atoms with van der Waals surface area (Å²) in [5.74, 6) is 0. The maximum atomic E-state index is 6.63. The molecule has 0 saturated carbocycles. The molecule has 0 saturated heterocycles. The molecule has 0 aliphatic heterocycles. The first-order valence-electron chi connectivity index (χ1n) is 7.06. The molecule has 1 atom stereocenters. The molecule has 0 radical (unpaired) electrons. The summed E-state index contributed by atoms with van der Waals surface area (Å²) in [5, 5.41) is 0.268. The Morgan fingerprint density at radius 2 is 1.74 bits per heavy atom. The maximum absolute atomic E-state index is 6.63. The smallest absolute Gasteiger partial charge is 0.192 e. The van der Waals surface area contributed by atoms with Crippen LogP contribution in [0.15, 0.2) is 30.3 Å². The van der Waals surface area contributed by atoms with Crippen LogP contribution >= 0.6 is 22.6 Å². The van der Waals surface area contributed by atoms with Crippen LogP contribution in [0.25, 0.3) is 0 Å². The van der Waals surface area contributed by atoms with E-state index in [9.17, 15) is 0 Å². The molecule has 1 unspecified atom stereocenters. The number of hydrogen-bond donors (Lipinski definition) is 0. The summed E-state index contributed by atoms with van der Waals surface area (Å²) in [6.45, 7) is 11.6. The first-order chi connectivity index (χ1) is 8.78. The molecule has 0 bridgehead atoms. The van der Waals surface area contributed by atoms with Crippen LogP contribution in [0.4, 0.5) is 0 Å². The lowest BCUT2D eigenvalue weighted by atomic mass is 10.1. The summed E-state index contributed by atoms with van der Waals surface area (Å²) in [6.07, 6.45) is 2.60. The minimum Gasteiger partial charge on any atom is -0.410 e. The quantitative estimate of drug-likeness (QED) is 0.331. The Morgan fingerprint density at radius 3 is 2.21 bits per heavy atom. The lowest BCUT2D eigenvalue weighted by Gasteiger charge is -2.39. The molecule has 0 amide bonds. The van der Waals surface area contributed by atoms with Gasteiger partial charge in [0.25, 0.3) is 0 Å². The molecule has 0 aromatic heterocycles. The zero-order valence-electron chi connectivity index (χ0n) is 12.9. The van der Waals surface area contributed by atoms with Crippen molar-refractivity contribution in [2.24, 2.45) is 0 Å². The molecule has 0 fully saturated rings. The molecule has 0 spiro atoms. The Bertz CT molecular complexity index is 370. The van der Waals surface area contributed by atoms with Gasteiger partial charge in [-0.1, -0.05) is 73.7 Å². The SMILES string of the molecule is CC(C)(C)[Si](C)(C)OC(CCCI)c1ccccc1. The number of halogens is 1. The van der Waals surface area contributed by atoms with E-state index in [-0.39, 0.29) is 11.1 Å². The van der Waals surface area contributed by atoms with Gasteiger partial charge in [0.2, 0.25) is 0 Å². The summed E-state index contributed by atoms with van der Waals surface area (Å²) < 4.78 is 7.82. The van der Waals surface area contributed by atoms with Gasteiger partial charge in [-0.05, 0) is 41.0 Å². The van der Waals surface area contributed by atoms with E-state index in [4.69, 9.17) is 4.43 Å². The molecule has 0 N–H and O–H groups in total. The molecule has 1 nitrogen and oxygen atoms in total. The fourth-order valence-electron chi connectivity index (χ4n) is 1.76. The van der Waals surface area contributed by atoms with Crippen LogP contribution in [0.2, 0.25) is 18.1 Å². The van der Waals surface area contributed by atoms with Crippen LogP contribution in [0.3, 0.4) is 0 Å². The topological polar surface area (TPSA) is 9.23 Å². The van der Waals surface area contributed by atoms with E-state index in [1.54, 1.807) is 0 Å². The van der Waals surface area contributed by atoms with Crippen molar-refractivity contribution < 1.29 is 4.43 Å². The third-order valence-corrected chi connectivity index (χ3v) is 9.26. The summed E-state index contributed by atoms with van der Waals surface area (Å²) in [7, 11) is -1.70. The maximum Gasteiger partial charge on any atom is 0.192 e. The Morgan fingerprint density at radius 1 is 1.16 bits per heavy atom. The van der Waals surface area contributed by atoms with Crippen molar-refractivity contribution in [3.63, 3.8) is 0 Å². The van der Waals surface area contributed by atoms with Crippen molar-refractivity contribution in [3.8, 4) is 0 Å². The highest BCUT2D eigenvalue weighted by Crippen LogP contribution is 2.40. The normalized spacial score (nSPS) is 14.4. The van der Waals surface area contributed by atoms with Gasteiger partial charge in [-0.15, -0.1) is 0 Å². The second-order valence-corrected chi connectivity index (χ2v) is 12.4. The molecular weight excluding hydrogens is 363 g/mol. The summed E-state index contributed by atoms with van der Waals surface area (Å²) in [5.41, 5.74) is 1.33. The fourth-order valence-corrected chi connectivity index (χ4v) is 3.52. The zero-order chi connectivity index (χ0) is 14.5. The van der Waals surface area contributed by atoms with E-state index in [1.165, 1.54) is 16.4 Å². The van der Waals surface area contributed by atoms with Crippen molar-refractivity contribution in [1.29, 1.82) is 0 Å². The molecule has 1 aromatic carbocycles. The van der Waals surface area contributed by atoms with Crippen LogP contribution in [-0.2, 0) is 4.43 Å². The first kappa shape index (κ1) is 17.2. The van der Waals surface area contributed by atoms with Gasteiger partial charge in [-0.25, -0.2) is 0 Å². The Labute approximate surface area is 133 Å². The molecule has 19 heavy (non-hydrogen) atoms. The van der Waals surface area contributed by atoms with Crippen molar-refractivity contribution in [2.45, 2.75) is 57.8 Å². The Balaban J connectivity index is 2.87. The van der Waals surface area contributed by atoms with Gasteiger partial charge in [0.15, 0.2) is 8.32 Å². The highest BCUT2D eigenvalue weighted by atomic mass is 127. The van der Waals surface area contributed by atoms with E-state index >= 15 is 0 Å². The van der Waals surface area contributed by atoms with Crippen LogP contribution in [0, 0.1) is 0 Å². The van der Waals surface area contributed by atoms with Gasteiger partial charge in [0, 0.05) is 0 Å². The van der Waals surface area contributed by atoms with Gasteiger partial charge in [-0.2, -0.15) is 0 Å². The van der Waals surface area contributed by atoms with Crippen molar-refractivity contribution in [3.05, 3.63) is 35.9 Å². The average molecular weight is 390 g/mol. The van der Waals surface area contributed by atoms with Crippen LogP contribution < -0.4 is 0 Å². The third-order valence-electron chi connectivity index (χ3n) is 4.01. The van der Waals surface area contributed by atoms with E-state index in [0.717, 1.165) is 6.42 Å². The monoisotopic (exact) mass is 390 g/mol. The van der Waals surface area contributed by atoms with Gasteiger partial charge >= 0.3 is 0 Å². The number of benzene rings is 1. The Hall–Kier alpha value is 0.127. The second-order valence-electron chi connectivity index (χ2n) is 6.61. The third kappa shape index (κ3) is 5.19. The highest BCUT2D eigenvalue weighted by molar-refractivity contribution is 14.1. The van der Waals surface area contributed by atoms with Crippen LogP contribution in [0.1, 0.15) is 45.3 Å². The lowest BCUT2D eigenvalue weighted by Crippen LogP contribution is -2.41. The summed E-state index contributed by atoms with van der Waals surface area (Å²) in [4.78, 5) is 0. The minimum atomic E-state index is -1.70. The minimum absolute atomic E-state index is 0.261. The van der Waals surface area contributed by atoms with E-state index in [0.29, 0.717) is 0 Å². The van der Waals surface area contributed by atoms with E-state index in [2.05, 4.69) is 86.8 Å². The van der Waals surface area contributed by atoms with Crippen molar-refractivity contribution >= 4 is 30.9 Å². The van der Waals surface area contributed by atoms with Gasteiger partial charge in [0.05, 0.1) is 6.10 Å². The zero-order valence-corrected chi connectivity index (χ0v) is 16.0. The predicted molar refractivity (Wildman–Crippen MR) is 95.6 cm³/mol. The highest BCUT2D eigenvalue weighted by Gasteiger charge is 2.39. The number of alkyl halides is 1. The molecule has 0 aliphatic rings. The van der Waals surface area contributed by atoms with Gasteiger partial charge < -0.3 is 4.43 Å². The largest absolute Gasteiger partial charge is 0.410 e. The summed E-state index contributed by atoms with van der Waals surface area (Å²) in [6, 6.07) is 10.7. The lowest BCUT2D eigenvalue weighted by molar-refractivity contribution is 0.173. The molecule has 3 heteroatoms. The molecule has 1 rings (SSSR count). The van der Waals surface area contributed by atoms with Crippen LogP contribution in [-0.4, -0.2) is 12.7 Å². The molecule has 0 aliphatic carbocycles. The van der Waals surface area contributed by atoms with Crippen molar-refractivity contribution in [2.75, 3.05) is 4.43 Å². The second kappa shape index (κ2) is 7.23. The van der Waals surface area contributed by atoms with E-state index < -0.39 is 8.32 Å². The molecule has 0 heterocycles.